The number of hydrogen-bond acceptors (Lipinski definition) is 4. The second-order valence-corrected chi connectivity index (χ2v) is 4.92. The summed E-state index contributed by atoms with van der Waals surface area (Å²) in [5.74, 6) is -0.0453. The van der Waals surface area contributed by atoms with Crippen molar-refractivity contribution in [2.24, 2.45) is 0 Å². The zero-order valence-electron chi connectivity index (χ0n) is 12.2. The van der Waals surface area contributed by atoms with Gasteiger partial charge in [0.15, 0.2) is 0 Å². The summed E-state index contributed by atoms with van der Waals surface area (Å²) in [6, 6.07) is 9.87. The Morgan fingerprint density at radius 1 is 1.24 bits per heavy atom. The molecule has 6 heteroatoms. The van der Waals surface area contributed by atoms with Crippen molar-refractivity contribution in [1.29, 1.82) is 0 Å². The fraction of sp³-hybridized carbons (Fsp3) is 0.533. The molecule has 0 radical (unpaired) electrons. The highest BCUT2D eigenvalue weighted by atomic mass is 35.5. The van der Waals surface area contributed by atoms with Crippen molar-refractivity contribution in [3.8, 4) is 0 Å². The van der Waals surface area contributed by atoms with Crippen LogP contribution in [0.4, 0.5) is 0 Å². The molecule has 1 heterocycles. The van der Waals surface area contributed by atoms with Gasteiger partial charge in [0.05, 0.1) is 6.61 Å². The molecule has 0 atom stereocenters. The number of nitrogens with one attached hydrogen (secondary N) is 2. The lowest BCUT2D eigenvalue weighted by molar-refractivity contribution is -0.126. The summed E-state index contributed by atoms with van der Waals surface area (Å²) in [4.78, 5) is 14.0. The van der Waals surface area contributed by atoms with Gasteiger partial charge in [0.25, 0.3) is 0 Å². The minimum atomic E-state index is -0.0453. The van der Waals surface area contributed by atoms with Gasteiger partial charge in [0.2, 0.25) is 5.91 Å². The molecule has 0 saturated carbocycles. The highest BCUT2D eigenvalue weighted by Crippen LogP contribution is 1.99. The molecule has 1 aromatic carbocycles. The van der Waals surface area contributed by atoms with E-state index in [4.69, 9.17) is 4.74 Å². The molecule has 1 saturated heterocycles. The van der Waals surface area contributed by atoms with Crippen LogP contribution in [0.15, 0.2) is 30.3 Å². The van der Waals surface area contributed by atoms with Crippen LogP contribution in [0.5, 0.6) is 0 Å². The summed E-state index contributed by atoms with van der Waals surface area (Å²) >= 11 is 0. The van der Waals surface area contributed by atoms with E-state index >= 15 is 0 Å². The van der Waals surface area contributed by atoms with Gasteiger partial charge in [-0.15, -0.1) is 12.4 Å². The Morgan fingerprint density at radius 2 is 1.95 bits per heavy atom. The molecular formula is C15H24ClN3O2. The lowest BCUT2D eigenvalue weighted by Crippen LogP contribution is -2.46. The zero-order chi connectivity index (χ0) is 14.0. The molecule has 1 aliphatic rings. The standard InChI is InChI=1S/C15H23N3O2.ClH/c19-15(13-20-12-14-4-2-1-3-5-14)17-8-11-18-9-6-16-7-10-18;/h1-5,16H,6-13H2,(H,17,19);1H. The molecule has 118 valence electrons. The topological polar surface area (TPSA) is 53.6 Å². The molecule has 0 spiro atoms. The normalized spacial score (nSPS) is 15.2. The first-order valence-electron chi connectivity index (χ1n) is 7.16. The van der Waals surface area contributed by atoms with Crippen molar-refractivity contribution < 1.29 is 9.53 Å². The van der Waals surface area contributed by atoms with Gasteiger partial charge >= 0.3 is 0 Å². The fourth-order valence-electron chi connectivity index (χ4n) is 2.18. The first-order valence-corrected chi connectivity index (χ1v) is 7.16. The van der Waals surface area contributed by atoms with E-state index in [1.165, 1.54) is 0 Å². The lowest BCUT2D eigenvalue weighted by Gasteiger charge is -2.27. The van der Waals surface area contributed by atoms with E-state index in [0.29, 0.717) is 13.2 Å². The van der Waals surface area contributed by atoms with Crippen LogP contribution in [0.3, 0.4) is 0 Å². The number of amides is 1. The van der Waals surface area contributed by atoms with E-state index in [0.717, 1.165) is 38.3 Å². The molecule has 5 nitrogen and oxygen atoms in total. The fourth-order valence-corrected chi connectivity index (χ4v) is 2.18. The van der Waals surface area contributed by atoms with E-state index in [2.05, 4.69) is 15.5 Å². The molecule has 0 bridgehead atoms. The van der Waals surface area contributed by atoms with Gasteiger partial charge in [0, 0.05) is 39.3 Å². The number of halogens is 1. The Labute approximate surface area is 132 Å². The molecule has 0 aromatic heterocycles. The number of benzene rings is 1. The van der Waals surface area contributed by atoms with Crippen LogP contribution in [0.25, 0.3) is 0 Å². The Hall–Kier alpha value is -1.14. The summed E-state index contributed by atoms with van der Waals surface area (Å²) in [5, 5.41) is 6.20. The van der Waals surface area contributed by atoms with Crippen LogP contribution in [0.2, 0.25) is 0 Å². The maximum atomic E-state index is 11.6. The molecular weight excluding hydrogens is 290 g/mol. The van der Waals surface area contributed by atoms with Crippen LogP contribution in [0.1, 0.15) is 5.56 Å². The maximum Gasteiger partial charge on any atom is 0.246 e. The number of rotatable bonds is 7. The SMILES string of the molecule is Cl.O=C(COCc1ccccc1)NCCN1CCNCC1. The van der Waals surface area contributed by atoms with Gasteiger partial charge in [-0.25, -0.2) is 0 Å². The molecule has 1 amide bonds. The van der Waals surface area contributed by atoms with Crippen molar-refractivity contribution in [3.05, 3.63) is 35.9 Å². The first-order chi connectivity index (χ1) is 9.84. The van der Waals surface area contributed by atoms with Crippen LogP contribution in [-0.4, -0.2) is 56.7 Å². The van der Waals surface area contributed by atoms with Gasteiger partial charge in [-0.2, -0.15) is 0 Å². The van der Waals surface area contributed by atoms with E-state index in [1.807, 2.05) is 30.3 Å². The molecule has 1 aliphatic heterocycles. The van der Waals surface area contributed by atoms with Gasteiger partial charge in [-0.3, -0.25) is 9.69 Å². The first kappa shape index (κ1) is 17.9. The van der Waals surface area contributed by atoms with Crippen molar-refractivity contribution in [3.63, 3.8) is 0 Å². The van der Waals surface area contributed by atoms with Crippen molar-refractivity contribution in [2.45, 2.75) is 6.61 Å². The van der Waals surface area contributed by atoms with Crippen LogP contribution in [0, 0.1) is 0 Å². The number of carbonyl (C=O) groups is 1. The molecule has 1 aromatic rings. The number of nitrogens with zero attached hydrogens (tertiary/aromatic N) is 1. The predicted molar refractivity (Wildman–Crippen MR) is 85.7 cm³/mol. The number of carbonyl (C=O) groups excluding carboxylic acids is 1. The number of ether oxygens (including phenoxy) is 1. The second kappa shape index (κ2) is 10.6. The third-order valence-corrected chi connectivity index (χ3v) is 3.30. The highest BCUT2D eigenvalue weighted by molar-refractivity contribution is 5.85. The summed E-state index contributed by atoms with van der Waals surface area (Å²) in [5.41, 5.74) is 1.08. The summed E-state index contributed by atoms with van der Waals surface area (Å²) < 4.78 is 5.39. The largest absolute Gasteiger partial charge is 0.367 e. The number of piperazine rings is 1. The van der Waals surface area contributed by atoms with E-state index < -0.39 is 0 Å². The summed E-state index contributed by atoms with van der Waals surface area (Å²) in [6.45, 7) is 6.38. The molecule has 0 aliphatic carbocycles. The van der Waals surface area contributed by atoms with E-state index in [-0.39, 0.29) is 24.9 Å². The molecule has 21 heavy (non-hydrogen) atoms. The lowest BCUT2D eigenvalue weighted by atomic mass is 10.2. The van der Waals surface area contributed by atoms with Gasteiger partial charge < -0.3 is 15.4 Å². The smallest absolute Gasteiger partial charge is 0.246 e. The Balaban J connectivity index is 0.00000220. The van der Waals surface area contributed by atoms with Gasteiger partial charge in [-0.1, -0.05) is 30.3 Å². The highest BCUT2D eigenvalue weighted by Gasteiger charge is 2.09. The minimum absolute atomic E-state index is 0. The number of hydrogen-bond donors (Lipinski definition) is 2. The second-order valence-electron chi connectivity index (χ2n) is 4.92. The van der Waals surface area contributed by atoms with Gasteiger partial charge in [-0.05, 0) is 5.56 Å². The monoisotopic (exact) mass is 313 g/mol. The summed E-state index contributed by atoms with van der Waals surface area (Å²) in [6.07, 6.45) is 0. The minimum Gasteiger partial charge on any atom is -0.367 e. The molecule has 1 fully saturated rings. The molecule has 2 N–H and O–H groups in total. The van der Waals surface area contributed by atoms with E-state index in [1.54, 1.807) is 0 Å². The van der Waals surface area contributed by atoms with Crippen LogP contribution in [-0.2, 0) is 16.1 Å². The predicted octanol–water partition coefficient (Wildman–Crippen LogP) is 0.646. The third-order valence-electron chi connectivity index (χ3n) is 3.30. The van der Waals surface area contributed by atoms with Crippen molar-refractivity contribution in [1.82, 2.24) is 15.5 Å². The Kier molecular flexibility index (Phi) is 9.01. The summed E-state index contributed by atoms with van der Waals surface area (Å²) in [7, 11) is 0. The Bertz CT molecular complexity index is 397. The maximum absolute atomic E-state index is 11.6. The molecule has 0 unspecified atom stereocenters. The Morgan fingerprint density at radius 3 is 2.67 bits per heavy atom. The average molecular weight is 314 g/mol. The van der Waals surface area contributed by atoms with Crippen molar-refractivity contribution >= 4 is 18.3 Å². The third kappa shape index (κ3) is 7.43. The zero-order valence-corrected chi connectivity index (χ0v) is 13.0. The van der Waals surface area contributed by atoms with Gasteiger partial charge in [0.1, 0.15) is 6.61 Å². The van der Waals surface area contributed by atoms with E-state index in [9.17, 15) is 4.79 Å². The van der Waals surface area contributed by atoms with Crippen LogP contribution >= 0.6 is 12.4 Å². The van der Waals surface area contributed by atoms with Crippen LogP contribution < -0.4 is 10.6 Å². The molecule has 2 rings (SSSR count). The van der Waals surface area contributed by atoms with Crippen molar-refractivity contribution in [2.75, 3.05) is 45.9 Å². The average Bonchev–Trinajstić information content (AvgIpc) is 2.49. The quantitative estimate of drug-likeness (QED) is 0.776.